The summed E-state index contributed by atoms with van der Waals surface area (Å²) >= 11 is 0. The van der Waals surface area contributed by atoms with Gasteiger partial charge in [-0.2, -0.15) is 5.26 Å². The Hall–Kier alpha value is -3.90. The lowest BCUT2D eigenvalue weighted by Crippen LogP contribution is -2.38. The van der Waals surface area contributed by atoms with Crippen LogP contribution < -0.4 is 0 Å². The van der Waals surface area contributed by atoms with Crippen LogP contribution in [0.4, 0.5) is 0 Å². The van der Waals surface area contributed by atoms with Gasteiger partial charge in [0.25, 0.3) is 5.91 Å². The number of fused-ring (bicyclic) bond motifs is 1. The van der Waals surface area contributed by atoms with Crippen LogP contribution in [0.15, 0.2) is 36.4 Å². The van der Waals surface area contributed by atoms with Crippen molar-refractivity contribution in [2.75, 3.05) is 13.1 Å². The minimum atomic E-state index is -0.00809. The first-order chi connectivity index (χ1) is 16.5. The Balaban J connectivity index is 1.33. The van der Waals surface area contributed by atoms with E-state index in [9.17, 15) is 4.79 Å². The normalized spacial score (nSPS) is 16.2. The number of piperidine rings is 1. The molecule has 5 rings (SSSR count). The number of H-pyrrole nitrogens is 1. The molecule has 1 amide bonds. The van der Waals surface area contributed by atoms with Crippen molar-refractivity contribution < 1.29 is 4.79 Å². The third-order valence-corrected chi connectivity index (χ3v) is 7.27. The van der Waals surface area contributed by atoms with Crippen molar-refractivity contribution in [2.24, 2.45) is 0 Å². The molecule has 0 saturated carbocycles. The van der Waals surface area contributed by atoms with Crippen molar-refractivity contribution in [1.29, 1.82) is 5.26 Å². The van der Waals surface area contributed by atoms with Gasteiger partial charge in [-0.25, -0.2) is 11.6 Å². The first-order valence-corrected chi connectivity index (χ1v) is 11.8. The maximum absolute atomic E-state index is 13.5. The summed E-state index contributed by atoms with van der Waals surface area (Å²) in [4.78, 5) is 27.3. The first kappa shape index (κ1) is 21.9. The molecular weight excluding hydrogens is 422 g/mol. The molecule has 6 nitrogen and oxygen atoms in total. The second-order valence-electron chi connectivity index (χ2n) is 9.48. The number of hydrogen-bond donors (Lipinski definition) is 1. The highest BCUT2D eigenvalue weighted by Crippen LogP contribution is 2.32. The number of aryl methyl sites for hydroxylation is 2. The molecule has 0 radical (unpaired) electrons. The fourth-order valence-electron chi connectivity index (χ4n) is 5.29. The molecule has 34 heavy (non-hydrogen) atoms. The Kier molecular flexibility index (Phi) is 5.67. The van der Waals surface area contributed by atoms with E-state index in [4.69, 9.17) is 16.8 Å². The summed E-state index contributed by atoms with van der Waals surface area (Å²) in [5, 5.41) is 9.02. The van der Waals surface area contributed by atoms with E-state index in [0.717, 1.165) is 71.8 Å². The molecule has 3 aromatic rings. The van der Waals surface area contributed by atoms with Gasteiger partial charge in [-0.1, -0.05) is 18.2 Å². The summed E-state index contributed by atoms with van der Waals surface area (Å²) in [7, 11) is 0. The Morgan fingerprint density at radius 2 is 1.88 bits per heavy atom. The number of nitriles is 1. The molecule has 2 aromatic carbocycles. The van der Waals surface area contributed by atoms with Crippen molar-refractivity contribution >= 4 is 5.91 Å². The fourth-order valence-corrected chi connectivity index (χ4v) is 5.29. The molecule has 1 atom stereocenters. The number of amides is 1. The smallest absolute Gasteiger partial charge is 0.254 e. The Bertz CT molecular complexity index is 1310. The molecule has 1 aliphatic carbocycles. The minimum absolute atomic E-state index is 0.00809. The van der Waals surface area contributed by atoms with Crippen LogP contribution >= 0.6 is 0 Å². The fraction of sp³-hybridized carbons (Fsp3) is 0.357. The topological polar surface area (TPSA) is 77.1 Å². The number of carbonyl (C=O) groups is 1. The second kappa shape index (κ2) is 8.80. The average Bonchev–Trinajstić information content (AvgIpc) is 3.43. The van der Waals surface area contributed by atoms with Crippen molar-refractivity contribution in [3.05, 3.63) is 87.0 Å². The number of aromatic nitrogens is 2. The lowest BCUT2D eigenvalue weighted by atomic mass is 9.88. The molecule has 1 aliphatic heterocycles. The lowest BCUT2D eigenvalue weighted by molar-refractivity contribution is 0.0712. The van der Waals surface area contributed by atoms with Crippen LogP contribution in [0.2, 0.25) is 0 Å². The highest BCUT2D eigenvalue weighted by molar-refractivity contribution is 5.97. The molecule has 6 heteroatoms. The molecular formula is C28H27N5O. The zero-order valence-corrected chi connectivity index (χ0v) is 19.6. The molecule has 1 fully saturated rings. The second-order valence-corrected chi connectivity index (χ2v) is 9.48. The van der Waals surface area contributed by atoms with Gasteiger partial charge in [-0.05, 0) is 67.5 Å². The van der Waals surface area contributed by atoms with Gasteiger partial charge in [0.05, 0.1) is 30.2 Å². The Morgan fingerprint density at radius 3 is 2.53 bits per heavy atom. The van der Waals surface area contributed by atoms with E-state index in [1.807, 2.05) is 42.2 Å². The van der Waals surface area contributed by atoms with Crippen molar-refractivity contribution in [2.45, 2.75) is 51.5 Å². The van der Waals surface area contributed by atoms with E-state index >= 15 is 0 Å². The number of aromatic amines is 1. The summed E-state index contributed by atoms with van der Waals surface area (Å²) in [6.45, 7) is 12.8. The largest absolute Gasteiger partial charge is 0.341 e. The van der Waals surface area contributed by atoms with E-state index in [1.54, 1.807) is 0 Å². The van der Waals surface area contributed by atoms with Gasteiger partial charge < -0.3 is 14.7 Å². The van der Waals surface area contributed by atoms with E-state index in [-0.39, 0.29) is 11.9 Å². The number of nitrogens with zero attached hydrogens (tertiary/aromatic N) is 4. The van der Waals surface area contributed by atoms with Gasteiger partial charge in [-0.3, -0.25) is 4.79 Å². The molecule has 1 N–H and O–H groups in total. The highest BCUT2D eigenvalue weighted by atomic mass is 16.2. The van der Waals surface area contributed by atoms with Crippen molar-refractivity contribution in [3.8, 4) is 17.5 Å². The SMILES string of the molecule is [C-]#[N+]C1Cc2nc(-c3cc(C(=O)N4CCC(c5ccc(C#N)cc5)CC4)c(C)cc3C)[nH]c2C1. The van der Waals surface area contributed by atoms with E-state index in [0.29, 0.717) is 17.9 Å². The van der Waals surface area contributed by atoms with Crippen LogP contribution in [0.5, 0.6) is 0 Å². The molecule has 0 spiro atoms. The number of nitrogens with one attached hydrogen (secondary N) is 1. The molecule has 2 heterocycles. The van der Waals surface area contributed by atoms with Gasteiger partial charge >= 0.3 is 0 Å². The predicted octanol–water partition coefficient (Wildman–Crippen LogP) is 4.97. The highest BCUT2D eigenvalue weighted by Gasteiger charge is 2.30. The summed E-state index contributed by atoms with van der Waals surface area (Å²) < 4.78 is 0. The Morgan fingerprint density at radius 1 is 1.15 bits per heavy atom. The molecule has 0 bridgehead atoms. The van der Waals surface area contributed by atoms with E-state index in [2.05, 4.69) is 28.9 Å². The van der Waals surface area contributed by atoms with Crippen LogP contribution in [0, 0.1) is 31.8 Å². The number of carbonyl (C=O) groups excluding carboxylic acids is 1. The summed E-state index contributed by atoms with van der Waals surface area (Å²) in [6.07, 6.45) is 3.25. The number of benzene rings is 2. The van der Waals surface area contributed by atoms with Gasteiger partial charge in [-0.15, -0.1) is 0 Å². The van der Waals surface area contributed by atoms with Crippen molar-refractivity contribution in [1.82, 2.24) is 14.9 Å². The lowest BCUT2D eigenvalue weighted by Gasteiger charge is -2.32. The average molecular weight is 450 g/mol. The summed E-state index contributed by atoms with van der Waals surface area (Å²) in [5.74, 6) is 1.28. The van der Waals surface area contributed by atoms with Crippen LogP contribution in [0.1, 0.15) is 62.8 Å². The van der Waals surface area contributed by atoms with Crippen molar-refractivity contribution in [3.63, 3.8) is 0 Å². The van der Waals surface area contributed by atoms with E-state index in [1.165, 1.54) is 5.56 Å². The zero-order valence-electron chi connectivity index (χ0n) is 19.6. The van der Waals surface area contributed by atoms with Gasteiger partial charge in [0.1, 0.15) is 5.82 Å². The molecule has 170 valence electrons. The summed E-state index contributed by atoms with van der Waals surface area (Å²) in [5.41, 5.74) is 7.70. The van der Waals surface area contributed by atoms with E-state index < -0.39 is 0 Å². The predicted molar refractivity (Wildman–Crippen MR) is 130 cm³/mol. The molecule has 2 aliphatic rings. The quantitative estimate of drug-likeness (QED) is 0.574. The van der Waals surface area contributed by atoms with Gasteiger partial charge in [0.2, 0.25) is 6.04 Å². The third-order valence-electron chi connectivity index (χ3n) is 7.27. The maximum atomic E-state index is 13.5. The molecule has 1 unspecified atom stereocenters. The Labute approximate surface area is 200 Å². The monoisotopic (exact) mass is 449 g/mol. The maximum Gasteiger partial charge on any atom is 0.254 e. The van der Waals surface area contributed by atoms with Crippen LogP contribution in [0.3, 0.4) is 0 Å². The standard InChI is InChI=1S/C28H27N5O/c1-17-12-18(2)24(15-23(17)27-31-25-13-22(30-3)14-26(25)32-27)28(34)33-10-8-21(9-11-33)20-6-4-19(16-29)5-7-20/h4-7,12,15,21-22H,8-11,13-14H2,1-2H3,(H,31,32). The number of likely N-dealkylation sites (tertiary alicyclic amines) is 1. The van der Waals surface area contributed by atoms with Gasteiger partial charge in [0, 0.05) is 29.9 Å². The molecule has 1 saturated heterocycles. The zero-order chi connectivity index (χ0) is 23.8. The van der Waals surface area contributed by atoms with Crippen LogP contribution in [-0.4, -0.2) is 39.9 Å². The number of hydrogen-bond acceptors (Lipinski definition) is 3. The number of rotatable bonds is 3. The van der Waals surface area contributed by atoms with Crippen LogP contribution in [0.25, 0.3) is 16.2 Å². The molecule has 1 aromatic heterocycles. The summed E-state index contributed by atoms with van der Waals surface area (Å²) in [6, 6.07) is 14.0. The van der Waals surface area contributed by atoms with Gasteiger partial charge in [0.15, 0.2) is 0 Å². The van der Waals surface area contributed by atoms with Crippen LogP contribution in [-0.2, 0) is 12.8 Å². The minimum Gasteiger partial charge on any atom is -0.341 e. The number of imidazole rings is 1. The third kappa shape index (κ3) is 3.97. The first-order valence-electron chi connectivity index (χ1n) is 11.8.